The highest BCUT2D eigenvalue weighted by atomic mass is 35.5. The number of fused-ring (bicyclic) bond motifs is 1. The van der Waals surface area contributed by atoms with Gasteiger partial charge in [-0.3, -0.25) is 9.00 Å². The Morgan fingerprint density at radius 2 is 2.00 bits per heavy atom. The summed E-state index contributed by atoms with van der Waals surface area (Å²) in [5, 5.41) is 8.11. The highest BCUT2D eigenvalue weighted by molar-refractivity contribution is 7.83. The summed E-state index contributed by atoms with van der Waals surface area (Å²) in [5.41, 5.74) is 5.17. The SMILES string of the molecule is Cc1ccc(-n2nc3c(c2NC(=O)c2cccc(Cl)c2)CS(=O)C3)c(C)c1. The molecule has 1 atom stereocenters. The van der Waals surface area contributed by atoms with E-state index in [1.165, 1.54) is 0 Å². The zero-order valence-corrected chi connectivity index (χ0v) is 16.5. The highest BCUT2D eigenvalue weighted by Gasteiger charge is 2.29. The molecule has 27 heavy (non-hydrogen) atoms. The molecule has 0 radical (unpaired) electrons. The molecule has 7 heteroatoms. The van der Waals surface area contributed by atoms with Gasteiger partial charge in [-0.15, -0.1) is 0 Å². The van der Waals surface area contributed by atoms with E-state index in [1.54, 1.807) is 28.9 Å². The van der Waals surface area contributed by atoms with E-state index < -0.39 is 10.8 Å². The van der Waals surface area contributed by atoms with Crippen molar-refractivity contribution < 1.29 is 9.00 Å². The van der Waals surface area contributed by atoms with Crippen molar-refractivity contribution in [3.05, 3.63) is 75.4 Å². The third kappa shape index (κ3) is 3.42. The van der Waals surface area contributed by atoms with Crippen LogP contribution in [0.1, 0.15) is 32.7 Å². The van der Waals surface area contributed by atoms with Gasteiger partial charge in [0.05, 0.1) is 22.9 Å². The molecule has 5 nitrogen and oxygen atoms in total. The molecular formula is C20H18ClN3O2S. The minimum Gasteiger partial charge on any atom is -0.306 e. The van der Waals surface area contributed by atoms with Crippen LogP contribution in [0.15, 0.2) is 42.5 Å². The van der Waals surface area contributed by atoms with E-state index >= 15 is 0 Å². The molecule has 1 N–H and O–H groups in total. The Bertz CT molecular complexity index is 1090. The zero-order valence-electron chi connectivity index (χ0n) is 15.0. The maximum atomic E-state index is 12.8. The fourth-order valence-corrected chi connectivity index (χ4v) is 4.74. The Hall–Kier alpha value is -2.44. The number of anilines is 1. The third-order valence-corrected chi connectivity index (χ3v) is 6.01. The predicted octanol–water partition coefficient (Wildman–Crippen LogP) is 4.16. The van der Waals surface area contributed by atoms with Crippen molar-refractivity contribution in [2.45, 2.75) is 25.4 Å². The van der Waals surface area contributed by atoms with Crippen LogP contribution in [-0.2, 0) is 22.3 Å². The smallest absolute Gasteiger partial charge is 0.256 e. The van der Waals surface area contributed by atoms with E-state index in [0.717, 1.165) is 28.1 Å². The van der Waals surface area contributed by atoms with E-state index in [4.69, 9.17) is 11.6 Å². The lowest BCUT2D eigenvalue weighted by atomic mass is 10.1. The standard InChI is InChI=1S/C20H18ClN3O2S/c1-12-6-7-18(13(2)8-12)24-19(16-10-27(26)11-17(16)23-24)22-20(25)14-4-3-5-15(21)9-14/h3-9H,10-11H2,1-2H3,(H,22,25). The average molecular weight is 400 g/mol. The van der Waals surface area contributed by atoms with Crippen molar-refractivity contribution >= 4 is 34.1 Å². The number of rotatable bonds is 3. The molecule has 0 saturated heterocycles. The number of hydrogen-bond donors (Lipinski definition) is 1. The van der Waals surface area contributed by atoms with Gasteiger partial charge in [0.1, 0.15) is 5.82 Å². The normalized spacial score (nSPS) is 15.6. The summed E-state index contributed by atoms with van der Waals surface area (Å²) in [5.74, 6) is 1.11. The molecule has 1 aliphatic heterocycles. The molecule has 0 bridgehead atoms. The summed E-state index contributed by atoms with van der Waals surface area (Å²) >= 11 is 6.01. The van der Waals surface area contributed by atoms with Crippen LogP contribution in [0.4, 0.5) is 5.82 Å². The van der Waals surface area contributed by atoms with Crippen LogP contribution in [0.25, 0.3) is 5.69 Å². The van der Waals surface area contributed by atoms with Gasteiger partial charge in [-0.05, 0) is 43.7 Å². The lowest BCUT2D eigenvalue weighted by Crippen LogP contribution is -2.17. The number of hydrogen-bond acceptors (Lipinski definition) is 3. The van der Waals surface area contributed by atoms with Crippen molar-refractivity contribution in [2.75, 3.05) is 5.32 Å². The molecule has 1 aliphatic rings. The van der Waals surface area contributed by atoms with Crippen molar-refractivity contribution in [3.8, 4) is 5.69 Å². The molecule has 138 valence electrons. The van der Waals surface area contributed by atoms with Gasteiger partial charge in [0, 0.05) is 26.9 Å². The first kappa shape index (κ1) is 17.9. The van der Waals surface area contributed by atoms with E-state index in [2.05, 4.69) is 16.5 Å². The van der Waals surface area contributed by atoms with Crippen molar-refractivity contribution in [2.24, 2.45) is 0 Å². The summed E-state index contributed by atoms with van der Waals surface area (Å²) in [4.78, 5) is 12.8. The second-order valence-corrected chi connectivity index (χ2v) is 8.56. The number of nitrogens with zero attached hydrogens (tertiary/aromatic N) is 2. The van der Waals surface area contributed by atoms with E-state index in [9.17, 15) is 9.00 Å². The quantitative estimate of drug-likeness (QED) is 0.719. The largest absolute Gasteiger partial charge is 0.306 e. The van der Waals surface area contributed by atoms with Crippen LogP contribution in [0, 0.1) is 13.8 Å². The van der Waals surface area contributed by atoms with Gasteiger partial charge in [0.2, 0.25) is 0 Å². The fraction of sp³-hybridized carbons (Fsp3) is 0.200. The average Bonchev–Trinajstić information content (AvgIpc) is 3.12. The second-order valence-electron chi connectivity index (χ2n) is 6.67. The molecule has 0 spiro atoms. The molecule has 0 aliphatic carbocycles. The van der Waals surface area contributed by atoms with Crippen LogP contribution in [0.2, 0.25) is 5.02 Å². The van der Waals surface area contributed by atoms with E-state index in [0.29, 0.717) is 27.9 Å². The van der Waals surface area contributed by atoms with Gasteiger partial charge in [-0.25, -0.2) is 4.68 Å². The summed E-state index contributed by atoms with van der Waals surface area (Å²) in [6.45, 7) is 4.04. The number of carbonyl (C=O) groups excluding carboxylic acids is 1. The van der Waals surface area contributed by atoms with Crippen molar-refractivity contribution in [3.63, 3.8) is 0 Å². The minimum atomic E-state index is -0.983. The van der Waals surface area contributed by atoms with E-state index in [1.807, 2.05) is 26.0 Å². The molecule has 1 unspecified atom stereocenters. The molecule has 4 rings (SSSR count). The van der Waals surface area contributed by atoms with Crippen LogP contribution in [0.5, 0.6) is 0 Å². The van der Waals surface area contributed by atoms with Gasteiger partial charge in [0.25, 0.3) is 5.91 Å². The van der Waals surface area contributed by atoms with Crippen LogP contribution >= 0.6 is 11.6 Å². The Morgan fingerprint density at radius 3 is 2.74 bits per heavy atom. The maximum absolute atomic E-state index is 12.8. The van der Waals surface area contributed by atoms with Gasteiger partial charge in [0.15, 0.2) is 0 Å². The number of aromatic nitrogens is 2. The number of halogens is 1. The molecule has 1 amide bonds. The predicted molar refractivity (Wildman–Crippen MR) is 108 cm³/mol. The molecule has 2 aromatic carbocycles. The number of benzene rings is 2. The van der Waals surface area contributed by atoms with Gasteiger partial charge >= 0.3 is 0 Å². The van der Waals surface area contributed by atoms with Crippen LogP contribution < -0.4 is 5.32 Å². The number of carbonyl (C=O) groups is 1. The van der Waals surface area contributed by atoms with Gasteiger partial charge < -0.3 is 5.32 Å². The Morgan fingerprint density at radius 1 is 1.19 bits per heavy atom. The van der Waals surface area contributed by atoms with Crippen LogP contribution in [0.3, 0.4) is 0 Å². The molecular weight excluding hydrogens is 382 g/mol. The Kier molecular flexibility index (Phi) is 4.61. The second kappa shape index (κ2) is 6.94. The third-order valence-electron chi connectivity index (χ3n) is 4.57. The Balaban J connectivity index is 1.79. The van der Waals surface area contributed by atoms with Gasteiger partial charge in [-0.2, -0.15) is 5.10 Å². The van der Waals surface area contributed by atoms with E-state index in [-0.39, 0.29) is 5.91 Å². The lowest BCUT2D eigenvalue weighted by molar-refractivity contribution is 0.102. The van der Waals surface area contributed by atoms with Crippen molar-refractivity contribution in [1.82, 2.24) is 9.78 Å². The van der Waals surface area contributed by atoms with Crippen LogP contribution in [-0.4, -0.2) is 19.9 Å². The summed E-state index contributed by atoms with van der Waals surface area (Å²) in [6.07, 6.45) is 0. The first-order chi connectivity index (χ1) is 12.9. The number of nitrogens with one attached hydrogen (secondary N) is 1. The first-order valence-electron chi connectivity index (χ1n) is 8.52. The maximum Gasteiger partial charge on any atom is 0.256 e. The fourth-order valence-electron chi connectivity index (χ4n) is 3.28. The molecule has 2 heterocycles. The van der Waals surface area contributed by atoms with Crippen molar-refractivity contribution in [1.29, 1.82) is 0 Å². The zero-order chi connectivity index (χ0) is 19.1. The summed E-state index contributed by atoms with van der Waals surface area (Å²) < 4.78 is 13.8. The number of amides is 1. The highest BCUT2D eigenvalue weighted by Crippen LogP contribution is 2.32. The molecule has 0 fully saturated rings. The molecule has 3 aromatic rings. The first-order valence-corrected chi connectivity index (χ1v) is 10.4. The lowest BCUT2D eigenvalue weighted by Gasteiger charge is -2.13. The summed E-state index contributed by atoms with van der Waals surface area (Å²) in [7, 11) is -0.983. The molecule has 0 saturated carbocycles. The monoisotopic (exact) mass is 399 g/mol. The minimum absolute atomic E-state index is 0.274. The summed E-state index contributed by atoms with van der Waals surface area (Å²) in [6, 6.07) is 12.8. The molecule has 1 aromatic heterocycles. The number of aryl methyl sites for hydroxylation is 2. The topological polar surface area (TPSA) is 64.0 Å². The van der Waals surface area contributed by atoms with Gasteiger partial charge in [-0.1, -0.05) is 35.4 Å². The Labute approximate surface area is 164 Å².